The van der Waals surface area contributed by atoms with Gasteiger partial charge in [0, 0.05) is 30.8 Å². The molecule has 2 aliphatic rings. The molecule has 0 aliphatic carbocycles. The summed E-state index contributed by atoms with van der Waals surface area (Å²) >= 11 is 0. The van der Waals surface area contributed by atoms with Crippen LogP contribution in [0.5, 0.6) is 0 Å². The molecule has 4 nitrogen and oxygen atoms in total. The minimum Gasteiger partial charge on any atom is -0.399 e. The average Bonchev–Trinajstić information content (AvgIpc) is 2.75. The first-order valence-corrected chi connectivity index (χ1v) is 8.52. The lowest BCUT2D eigenvalue weighted by Crippen LogP contribution is -2.41. The molecular weight excluding hydrogens is 334 g/mol. The van der Waals surface area contributed by atoms with Crippen molar-refractivity contribution in [3.05, 3.63) is 23.5 Å². The summed E-state index contributed by atoms with van der Waals surface area (Å²) in [5.41, 5.74) is -1.55. The van der Waals surface area contributed by atoms with E-state index in [1.807, 2.05) is 27.7 Å². The van der Waals surface area contributed by atoms with E-state index in [1.165, 1.54) is 6.20 Å². The second-order valence-corrected chi connectivity index (χ2v) is 7.67. The molecular formula is C17H23BF3NO3. The van der Waals surface area contributed by atoms with Crippen molar-refractivity contribution < 1.29 is 27.2 Å². The van der Waals surface area contributed by atoms with Crippen molar-refractivity contribution in [2.75, 3.05) is 13.2 Å². The van der Waals surface area contributed by atoms with Crippen molar-refractivity contribution in [2.45, 2.75) is 63.8 Å². The molecule has 0 saturated carbocycles. The summed E-state index contributed by atoms with van der Waals surface area (Å²) in [6.45, 7) is 8.37. The Kier molecular flexibility index (Phi) is 4.67. The largest absolute Gasteiger partial charge is 0.496 e. The molecule has 2 fully saturated rings. The maximum Gasteiger partial charge on any atom is 0.496 e. The highest BCUT2D eigenvalue weighted by atomic mass is 19.4. The van der Waals surface area contributed by atoms with E-state index in [9.17, 15) is 13.2 Å². The fourth-order valence-electron chi connectivity index (χ4n) is 3.12. The molecule has 0 atom stereocenters. The molecule has 0 bridgehead atoms. The fourth-order valence-corrected chi connectivity index (χ4v) is 3.12. The summed E-state index contributed by atoms with van der Waals surface area (Å²) < 4.78 is 57.8. The minimum absolute atomic E-state index is 0.0936. The highest BCUT2D eigenvalue weighted by Gasteiger charge is 2.52. The van der Waals surface area contributed by atoms with Gasteiger partial charge in [-0.25, -0.2) is 0 Å². The molecule has 3 rings (SSSR count). The van der Waals surface area contributed by atoms with Crippen LogP contribution < -0.4 is 5.46 Å². The third-order valence-corrected chi connectivity index (χ3v) is 5.38. The molecule has 3 heterocycles. The molecule has 2 aliphatic heterocycles. The van der Waals surface area contributed by atoms with Crippen LogP contribution in [-0.2, 0) is 20.2 Å². The van der Waals surface area contributed by atoms with Crippen LogP contribution in [0.2, 0.25) is 0 Å². The topological polar surface area (TPSA) is 40.6 Å². The zero-order valence-electron chi connectivity index (χ0n) is 14.9. The van der Waals surface area contributed by atoms with Gasteiger partial charge in [-0.05, 0) is 46.6 Å². The van der Waals surface area contributed by atoms with Gasteiger partial charge in [0.1, 0.15) is 0 Å². The Morgan fingerprint density at radius 1 is 1.08 bits per heavy atom. The van der Waals surface area contributed by atoms with E-state index in [4.69, 9.17) is 14.0 Å². The third kappa shape index (κ3) is 3.57. The highest BCUT2D eigenvalue weighted by Crippen LogP contribution is 2.39. The van der Waals surface area contributed by atoms with Gasteiger partial charge < -0.3 is 14.0 Å². The molecule has 1 aromatic heterocycles. The van der Waals surface area contributed by atoms with Crippen LogP contribution in [0.15, 0.2) is 12.3 Å². The summed E-state index contributed by atoms with van der Waals surface area (Å²) in [6.07, 6.45) is -1.93. The zero-order chi connectivity index (χ0) is 18.5. The number of hydrogen-bond acceptors (Lipinski definition) is 4. The Morgan fingerprint density at radius 3 is 2.16 bits per heavy atom. The van der Waals surface area contributed by atoms with Gasteiger partial charge in [-0.15, -0.1) is 0 Å². The molecule has 2 saturated heterocycles. The molecule has 8 heteroatoms. The van der Waals surface area contributed by atoms with Gasteiger partial charge >= 0.3 is 13.3 Å². The van der Waals surface area contributed by atoms with E-state index in [2.05, 4.69) is 4.98 Å². The number of rotatable bonds is 2. The molecule has 1 aromatic rings. The van der Waals surface area contributed by atoms with E-state index in [-0.39, 0.29) is 11.6 Å². The van der Waals surface area contributed by atoms with Crippen LogP contribution in [0.1, 0.15) is 57.7 Å². The Hall–Kier alpha value is -1.12. The van der Waals surface area contributed by atoms with Crippen molar-refractivity contribution in [2.24, 2.45) is 0 Å². The number of halogens is 3. The predicted octanol–water partition coefficient (Wildman–Crippen LogP) is 3.29. The molecule has 0 amide bonds. The van der Waals surface area contributed by atoms with Crippen molar-refractivity contribution >= 4 is 12.6 Å². The lowest BCUT2D eigenvalue weighted by molar-refractivity contribution is -0.138. The van der Waals surface area contributed by atoms with Crippen LogP contribution in [0.25, 0.3) is 0 Å². The van der Waals surface area contributed by atoms with Gasteiger partial charge in [-0.2, -0.15) is 13.2 Å². The normalized spacial score (nSPS) is 23.9. The number of aromatic nitrogens is 1. The summed E-state index contributed by atoms with van der Waals surface area (Å²) in [5, 5.41) is 0. The first-order valence-electron chi connectivity index (χ1n) is 8.52. The van der Waals surface area contributed by atoms with Crippen molar-refractivity contribution in [1.29, 1.82) is 0 Å². The molecule has 0 spiro atoms. The van der Waals surface area contributed by atoms with E-state index < -0.39 is 30.1 Å². The van der Waals surface area contributed by atoms with E-state index in [0.717, 1.165) is 6.07 Å². The molecule has 0 N–H and O–H groups in total. The first-order chi connectivity index (χ1) is 11.5. The van der Waals surface area contributed by atoms with Crippen LogP contribution >= 0.6 is 0 Å². The lowest BCUT2D eigenvalue weighted by Gasteiger charge is -2.32. The Labute approximate surface area is 146 Å². The van der Waals surface area contributed by atoms with Crippen LogP contribution in [0.4, 0.5) is 13.2 Å². The van der Waals surface area contributed by atoms with Crippen molar-refractivity contribution in [1.82, 2.24) is 4.98 Å². The van der Waals surface area contributed by atoms with Gasteiger partial charge in [0.15, 0.2) is 0 Å². The number of hydrogen-bond donors (Lipinski definition) is 0. The lowest BCUT2D eigenvalue weighted by atomic mass is 9.78. The number of ether oxygens (including phenoxy) is 1. The van der Waals surface area contributed by atoms with E-state index >= 15 is 0 Å². The maximum absolute atomic E-state index is 13.6. The molecule has 0 unspecified atom stereocenters. The van der Waals surface area contributed by atoms with Gasteiger partial charge in [0.25, 0.3) is 0 Å². The summed E-state index contributed by atoms with van der Waals surface area (Å²) in [6, 6.07) is 1.12. The van der Waals surface area contributed by atoms with Crippen LogP contribution in [0.3, 0.4) is 0 Å². The summed E-state index contributed by atoms with van der Waals surface area (Å²) in [4.78, 5) is 4.17. The van der Waals surface area contributed by atoms with E-state index in [0.29, 0.717) is 31.5 Å². The van der Waals surface area contributed by atoms with Gasteiger partial charge in [-0.1, -0.05) is 0 Å². The minimum atomic E-state index is -4.47. The molecule has 25 heavy (non-hydrogen) atoms. The second kappa shape index (κ2) is 6.25. The van der Waals surface area contributed by atoms with Crippen molar-refractivity contribution in [3.63, 3.8) is 0 Å². The summed E-state index contributed by atoms with van der Waals surface area (Å²) in [5.74, 6) is -0.238. The molecule has 0 radical (unpaired) electrons. The zero-order valence-corrected chi connectivity index (χ0v) is 14.9. The SMILES string of the molecule is CC1(C)OB(c2cnc(C3CCOCC3)c(C(F)(F)F)c2)OC1(C)C. The standard InChI is InChI=1S/C17H23BF3NO3/c1-15(2)16(3,4)25-18(24-15)12-9-13(17(19,20)21)14(22-10-12)11-5-7-23-8-6-11/h9-11H,5-8H2,1-4H3. The van der Waals surface area contributed by atoms with Crippen LogP contribution in [-0.4, -0.2) is 36.5 Å². The van der Waals surface area contributed by atoms with Gasteiger partial charge in [-0.3, -0.25) is 4.98 Å². The van der Waals surface area contributed by atoms with Gasteiger partial charge in [0.2, 0.25) is 0 Å². The smallest absolute Gasteiger partial charge is 0.399 e. The number of nitrogens with zero attached hydrogens (tertiary/aromatic N) is 1. The van der Waals surface area contributed by atoms with E-state index in [1.54, 1.807) is 0 Å². The monoisotopic (exact) mass is 357 g/mol. The number of pyridine rings is 1. The summed E-state index contributed by atoms with van der Waals surface area (Å²) in [7, 11) is -0.859. The Balaban J connectivity index is 1.95. The fraction of sp³-hybridized carbons (Fsp3) is 0.706. The Morgan fingerprint density at radius 2 is 1.64 bits per heavy atom. The van der Waals surface area contributed by atoms with Gasteiger partial charge in [0.05, 0.1) is 22.5 Å². The molecule has 138 valence electrons. The molecule has 0 aromatic carbocycles. The predicted molar refractivity (Wildman–Crippen MR) is 87.7 cm³/mol. The third-order valence-electron chi connectivity index (χ3n) is 5.38. The first kappa shape index (κ1) is 18.7. The second-order valence-electron chi connectivity index (χ2n) is 7.67. The quantitative estimate of drug-likeness (QED) is 0.762. The highest BCUT2D eigenvalue weighted by molar-refractivity contribution is 6.62. The van der Waals surface area contributed by atoms with Crippen LogP contribution in [0, 0.1) is 0 Å². The van der Waals surface area contributed by atoms with Crippen molar-refractivity contribution in [3.8, 4) is 0 Å². The average molecular weight is 357 g/mol. The Bertz CT molecular complexity index is 627. The maximum atomic E-state index is 13.6. The number of alkyl halides is 3.